The number of carbonyl (C=O) groups excluding carboxylic acids is 3. The lowest BCUT2D eigenvalue weighted by atomic mass is 9.73. The van der Waals surface area contributed by atoms with E-state index in [0.717, 1.165) is 6.92 Å². The molecule has 63 heavy (non-hydrogen) atoms. The smallest absolute Gasteiger partial charge is 0.397 e. The van der Waals surface area contributed by atoms with Gasteiger partial charge in [0.25, 0.3) is 5.91 Å². The minimum Gasteiger partial charge on any atom is -0.507 e. The van der Waals surface area contributed by atoms with Gasteiger partial charge in [-0.05, 0) is 38.0 Å². The molecule has 2 heterocycles. The van der Waals surface area contributed by atoms with Gasteiger partial charge in [0.2, 0.25) is 5.78 Å². The van der Waals surface area contributed by atoms with E-state index in [4.69, 9.17) is 28.2 Å². The van der Waals surface area contributed by atoms with Crippen molar-refractivity contribution in [1.29, 1.82) is 0 Å². The molecule has 11 N–H and O–H groups in total. The number of aromatic hydroxyl groups is 3. The molecule has 4 aliphatic rings. The molecule has 340 valence electrons. The molecule has 3 aromatic carbocycles. The number of aryl methyl sites for hydroxylation is 1. The first-order valence-electron chi connectivity index (χ1n) is 18.9. The highest BCUT2D eigenvalue weighted by atomic mass is 32.3. The van der Waals surface area contributed by atoms with Crippen molar-refractivity contribution >= 4 is 33.8 Å². The van der Waals surface area contributed by atoms with Gasteiger partial charge in [0.15, 0.2) is 18.4 Å². The van der Waals surface area contributed by atoms with Crippen LogP contribution in [0.15, 0.2) is 24.3 Å². The van der Waals surface area contributed by atoms with Gasteiger partial charge in [0, 0.05) is 22.3 Å². The molecule has 0 radical (unpaired) electrons. The number of benzene rings is 3. The van der Waals surface area contributed by atoms with Crippen LogP contribution in [0.2, 0.25) is 0 Å². The Balaban J connectivity index is 1.34. The third-order valence-electron chi connectivity index (χ3n) is 11.3. The molecule has 0 spiro atoms. The molecule has 1 amide bonds. The number of carbonyl (C=O) groups is 4. The van der Waals surface area contributed by atoms with Crippen molar-refractivity contribution in [3.63, 3.8) is 0 Å². The Morgan fingerprint density at radius 3 is 2.16 bits per heavy atom. The lowest BCUT2D eigenvalue weighted by Gasteiger charge is -2.46. The van der Waals surface area contributed by atoms with Gasteiger partial charge in [-0.15, -0.1) is 0 Å². The summed E-state index contributed by atoms with van der Waals surface area (Å²) >= 11 is 0. The maximum Gasteiger partial charge on any atom is 0.397 e. The van der Waals surface area contributed by atoms with Crippen molar-refractivity contribution in [2.45, 2.75) is 94.3 Å². The number of carboxylic acids is 1. The van der Waals surface area contributed by atoms with Crippen LogP contribution in [0.5, 0.6) is 23.0 Å². The number of ether oxygens (including phenoxy) is 5. The summed E-state index contributed by atoms with van der Waals surface area (Å²) < 4.78 is 63.9. The summed E-state index contributed by atoms with van der Waals surface area (Å²) in [6.07, 6.45) is -20.9. The molecule has 2 saturated heterocycles. The number of hydrogen-bond donors (Lipinski definition) is 11. The standard InChI is InChI=1S/C39H41NO22S/c1-10-8-14-19(27(44)17(10)36(51)40-11(2)37(52)53)20-21(30(47)22-23(29(20)46)28(45)18-13(25(22)42)6-5-7-15(18)57-4)31(48)34(14)60-39-33(50)35(24(41)12(3)59-39)61-38-32(49)26(43)16(9-58-38)62-63(54,55)56/h5-8,11-12,16,24,26,31-35,38-39,41,43-44,46-50H,9H2,1-4H3,(H,40,51)(H,52,53)(H,54,55,56). The molecule has 0 bridgehead atoms. The zero-order valence-corrected chi connectivity index (χ0v) is 34.0. The summed E-state index contributed by atoms with van der Waals surface area (Å²) in [5.41, 5.74) is -4.94. The van der Waals surface area contributed by atoms with Crippen molar-refractivity contribution in [1.82, 2.24) is 5.32 Å². The van der Waals surface area contributed by atoms with Crippen LogP contribution in [0, 0.1) is 6.92 Å². The van der Waals surface area contributed by atoms with Crippen molar-refractivity contribution in [3.8, 4) is 34.1 Å². The number of rotatable bonds is 10. The van der Waals surface area contributed by atoms with E-state index in [1.807, 2.05) is 0 Å². The van der Waals surface area contributed by atoms with Crippen molar-refractivity contribution < 1.29 is 106 Å². The fourth-order valence-electron chi connectivity index (χ4n) is 8.21. The number of ketones is 2. The predicted octanol–water partition coefficient (Wildman–Crippen LogP) is -1.01. The van der Waals surface area contributed by atoms with Crippen LogP contribution in [0.3, 0.4) is 0 Å². The molecule has 23 nitrogen and oxygen atoms in total. The number of amides is 1. The number of fused-ring (bicyclic) bond motifs is 5. The Hall–Kier alpha value is -5.35. The summed E-state index contributed by atoms with van der Waals surface area (Å²) in [6, 6.07) is 3.69. The number of aliphatic hydroxyl groups excluding tert-OH is 5. The monoisotopic (exact) mass is 907 g/mol. The quantitative estimate of drug-likeness (QED) is 0.0670. The molecule has 24 heteroatoms. The summed E-state index contributed by atoms with van der Waals surface area (Å²) in [6.45, 7) is 2.94. The minimum atomic E-state index is -5.11. The van der Waals surface area contributed by atoms with Gasteiger partial charge in [-0.1, -0.05) is 18.2 Å². The molecule has 12 atom stereocenters. The number of methoxy groups -OCH3 is 1. The number of aliphatic hydroxyl groups is 5. The zero-order valence-electron chi connectivity index (χ0n) is 33.2. The van der Waals surface area contributed by atoms with E-state index < -0.39 is 165 Å². The predicted molar refractivity (Wildman–Crippen MR) is 204 cm³/mol. The third-order valence-corrected chi connectivity index (χ3v) is 11.8. The van der Waals surface area contributed by atoms with Crippen LogP contribution in [-0.2, 0) is 38.3 Å². The van der Waals surface area contributed by atoms with Gasteiger partial charge in [0.1, 0.15) is 77.9 Å². The first-order valence-corrected chi connectivity index (χ1v) is 20.3. The van der Waals surface area contributed by atoms with Crippen molar-refractivity contribution in [2.24, 2.45) is 0 Å². The summed E-state index contributed by atoms with van der Waals surface area (Å²) in [4.78, 5) is 53.4. The topological polar surface area (TPSA) is 372 Å². The highest BCUT2D eigenvalue weighted by molar-refractivity contribution is 7.80. The second kappa shape index (κ2) is 16.6. The number of phenols is 3. The molecule has 7 rings (SSSR count). The van der Waals surface area contributed by atoms with Crippen LogP contribution in [0.1, 0.15) is 84.9 Å². The van der Waals surface area contributed by atoms with Crippen LogP contribution in [-0.4, -0.2) is 157 Å². The van der Waals surface area contributed by atoms with Crippen molar-refractivity contribution in [3.05, 3.63) is 68.8 Å². The average molecular weight is 908 g/mol. The van der Waals surface area contributed by atoms with Crippen LogP contribution >= 0.6 is 0 Å². The van der Waals surface area contributed by atoms with E-state index in [0.29, 0.717) is 0 Å². The molecular weight excluding hydrogens is 866 g/mol. The zero-order chi connectivity index (χ0) is 46.3. The molecule has 3 aromatic rings. The fourth-order valence-corrected chi connectivity index (χ4v) is 8.69. The number of hydrogen-bond acceptors (Lipinski definition) is 20. The Bertz CT molecular complexity index is 2530. The second-order valence-corrected chi connectivity index (χ2v) is 16.3. The van der Waals surface area contributed by atoms with E-state index in [1.54, 1.807) is 0 Å². The third kappa shape index (κ3) is 7.66. The Kier molecular flexibility index (Phi) is 12.1. The SMILES string of the molecule is COc1cccc2c1C(=O)c1c(O)c3c(c(O)c1C2=O)C(O)C(OC1OC(C)C(O)C(OC2OCC(OS(=O)(=O)O)C(O)C2O)C1O)c1cc(C)c(C(=O)NC(C)C(=O)O)c(O)c1-3. The van der Waals surface area contributed by atoms with Crippen LogP contribution < -0.4 is 10.1 Å². The molecule has 2 aliphatic heterocycles. The number of carboxylic acid groups (broad SMARTS) is 1. The first-order chi connectivity index (χ1) is 29.5. The molecule has 0 saturated carbocycles. The average Bonchev–Trinajstić information content (AvgIpc) is 3.21. The maximum atomic E-state index is 14.2. The molecular formula is C39H41NO22S. The van der Waals surface area contributed by atoms with Gasteiger partial charge in [-0.2, -0.15) is 8.42 Å². The van der Waals surface area contributed by atoms with Gasteiger partial charge >= 0.3 is 16.4 Å². The minimum absolute atomic E-state index is 0.0734. The molecule has 2 fully saturated rings. The summed E-state index contributed by atoms with van der Waals surface area (Å²) in [7, 11) is -3.89. The van der Waals surface area contributed by atoms with Crippen LogP contribution in [0.4, 0.5) is 0 Å². The van der Waals surface area contributed by atoms with Gasteiger partial charge < -0.3 is 75.0 Å². The Labute approximate surface area is 355 Å². The molecule has 0 aromatic heterocycles. The van der Waals surface area contributed by atoms with E-state index >= 15 is 0 Å². The first kappa shape index (κ1) is 45.7. The van der Waals surface area contributed by atoms with Crippen LogP contribution in [0.25, 0.3) is 11.1 Å². The largest absolute Gasteiger partial charge is 0.507 e. The van der Waals surface area contributed by atoms with Gasteiger partial charge in [-0.25, -0.2) is 4.18 Å². The lowest BCUT2D eigenvalue weighted by molar-refractivity contribution is -0.352. The Morgan fingerprint density at radius 2 is 1.52 bits per heavy atom. The second-order valence-electron chi connectivity index (χ2n) is 15.2. The highest BCUT2D eigenvalue weighted by Crippen LogP contribution is 2.59. The maximum absolute atomic E-state index is 14.2. The molecule has 12 unspecified atom stereocenters. The van der Waals surface area contributed by atoms with Gasteiger partial charge in [0.05, 0.1) is 42.1 Å². The van der Waals surface area contributed by atoms with E-state index in [1.165, 1.54) is 45.2 Å². The number of nitrogens with one attached hydrogen (secondary N) is 1. The van der Waals surface area contributed by atoms with Gasteiger partial charge in [-0.3, -0.25) is 23.7 Å². The lowest BCUT2D eigenvalue weighted by Crippen LogP contribution is -2.62. The summed E-state index contributed by atoms with van der Waals surface area (Å²) in [5.74, 6) is -7.78. The highest BCUT2D eigenvalue weighted by Gasteiger charge is 2.52. The van der Waals surface area contributed by atoms with E-state index in [2.05, 4.69) is 9.50 Å². The number of phenolic OH excluding ortho intramolecular Hbond substituents is 3. The Morgan fingerprint density at radius 1 is 0.857 bits per heavy atom. The fraction of sp³-hybridized carbons (Fsp3) is 0.436. The van der Waals surface area contributed by atoms with E-state index in [-0.39, 0.29) is 28.0 Å². The van der Waals surface area contributed by atoms with E-state index in [9.17, 15) is 73.6 Å². The summed E-state index contributed by atoms with van der Waals surface area (Å²) in [5, 5.41) is 104. The van der Waals surface area contributed by atoms with Crippen molar-refractivity contribution in [2.75, 3.05) is 13.7 Å². The number of aliphatic carboxylic acids is 1. The molecule has 2 aliphatic carbocycles. The normalized spacial score (nSPS) is 29.5.